The van der Waals surface area contributed by atoms with Crippen LogP contribution in [0.4, 0.5) is 10.1 Å². The Morgan fingerprint density at radius 1 is 1.31 bits per heavy atom. The number of amides is 1. The Balaban J connectivity index is 1.62. The highest BCUT2D eigenvalue weighted by Crippen LogP contribution is 2.40. The van der Waals surface area contributed by atoms with Crippen molar-refractivity contribution >= 4 is 11.6 Å². The van der Waals surface area contributed by atoms with E-state index in [0.29, 0.717) is 36.4 Å². The van der Waals surface area contributed by atoms with E-state index < -0.39 is 17.4 Å². The smallest absolute Gasteiger partial charge is 0.241 e. The van der Waals surface area contributed by atoms with Crippen LogP contribution in [0, 0.1) is 23.1 Å². The summed E-state index contributed by atoms with van der Waals surface area (Å²) >= 11 is 0. The molecular weight excluding hydrogens is 407 g/mol. The van der Waals surface area contributed by atoms with Crippen molar-refractivity contribution in [2.75, 3.05) is 19.0 Å². The first kappa shape index (κ1) is 22.4. The number of hydrogen-bond donors (Lipinski definition) is 3. The second kappa shape index (κ2) is 9.37. The number of nitrogens with one attached hydrogen (secondary N) is 2. The fourth-order valence-electron chi connectivity index (χ4n) is 4.36. The molecule has 1 aliphatic heterocycles. The Labute approximate surface area is 187 Å². The summed E-state index contributed by atoms with van der Waals surface area (Å²) in [4.78, 5) is 12.7. The minimum atomic E-state index is -0.893. The molecule has 1 saturated heterocycles. The first-order valence-corrected chi connectivity index (χ1v) is 11.1. The maximum Gasteiger partial charge on any atom is 0.241 e. The van der Waals surface area contributed by atoms with Gasteiger partial charge in [0, 0.05) is 13.7 Å². The molecule has 1 aliphatic carbocycles. The molecule has 1 unspecified atom stereocenters. The number of ether oxygens (including phenoxy) is 1. The molecule has 3 atom stereocenters. The molecule has 32 heavy (non-hydrogen) atoms. The van der Waals surface area contributed by atoms with E-state index in [9.17, 15) is 14.4 Å². The molecule has 1 amide bonds. The third kappa shape index (κ3) is 4.83. The van der Waals surface area contributed by atoms with Crippen molar-refractivity contribution in [3.63, 3.8) is 0 Å². The van der Waals surface area contributed by atoms with Gasteiger partial charge in [-0.15, -0.1) is 0 Å². The average molecular weight is 437 g/mol. The molecule has 7 heteroatoms. The SMILES string of the molecule is CO[C@H]1CN[C@@H](C(=O)Nc2cc(C(N)(CCC3CC3)c3cccc(C#N)c3)ccc2F)C1. The number of methoxy groups -OCH3 is 1. The summed E-state index contributed by atoms with van der Waals surface area (Å²) in [6.07, 6.45) is 4.54. The number of carbonyl (C=O) groups is 1. The number of benzene rings is 2. The molecule has 1 saturated carbocycles. The fourth-order valence-corrected chi connectivity index (χ4v) is 4.36. The van der Waals surface area contributed by atoms with Crippen LogP contribution in [0.1, 0.15) is 48.8 Å². The van der Waals surface area contributed by atoms with E-state index in [-0.39, 0.29) is 17.7 Å². The van der Waals surface area contributed by atoms with Gasteiger partial charge in [0.15, 0.2) is 0 Å². The van der Waals surface area contributed by atoms with Gasteiger partial charge >= 0.3 is 0 Å². The largest absolute Gasteiger partial charge is 0.380 e. The topological polar surface area (TPSA) is 100 Å². The number of nitriles is 1. The van der Waals surface area contributed by atoms with Crippen molar-refractivity contribution in [3.8, 4) is 6.07 Å². The lowest BCUT2D eigenvalue weighted by Gasteiger charge is -2.32. The molecule has 4 rings (SSSR count). The summed E-state index contributed by atoms with van der Waals surface area (Å²) in [5, 5.41) is 15.2. The predicted octanol–water partition coefficient (Wildman–Crippen LogP) is 3.41. The van der Waals surface area contributed by atoms with E-state index in [4.69, 9.17) is 10.5 Å². The summed E-state index contributed by atoms with van der Waals surface area (Å²) < 4.78 is 19.9. The van der Waals surface area contributed by atoms with Gasteiger partial charge in [-0.2, -0.15) is 5.26 Å². The van der Waals surface area contributed by atoms with Crippen molar-refractivity contribution in [2.24, 2.45) is 11.7 Å². The third-order valence-corrected chi connectivity index (χ3v) is 6.63. The Hall–Kier alpha value is -2.79. The highest BCUT2D eigenvalue weighted by atomic mass is 19.1. The summed E-state index contributed by atoms with van der Waals surface area (Å²) in [7, 11) is 1.61. The molecule has 0 bridgehead atoms. The normalized spacial score (nSPS) is 22.2. The molecule has 2 aromatic carbocycles. The van der Waals surface area contributed by atoms with Gasteiger partial charge in [-0.05, 0) is 60.6 Å². The van der Waals surface area contributed by atoms with Crippen LogP contribution in [-0.2, 0) is 15.1 Å². The van der Waals surface area contributed by atoms with Gasteiger partial charge in [0.05, 0.1) is 35.0 Å². The van der Waals surface area contributed by atoms with Crippen molar-refractivity contribution in [1.29, 1.82) is 5.26 Å². The van der Waals surface area contributed by atoms with Crippen LogP contribution in [0.15, 0.2) is 42.5 Å². The number of carbonyl (C=O) groups excluding carboxylic acids is 1. The van der Waals surface area contributed by atoms with Crippen LogP contribution >= 0.6 is 0 Å². The standard InChI is InChI=1S/C25H29FN4O2/c1-32-20-13-23(29-15-20)24(31)30-22-12-19(7-8-21(22)26)25(28,10-9-16-5-6-16)18-4-2-3-17(11-18)14-27/h2-4,7-8,11-12,16,20,23,29H,5-6,9-10,13,15,28H2,1H3,(H,30,31)/t20-,23-,25?/m1/s1. The Morgan fingerprint density at radius 3 is 2.78 bits per heavy atom. The lowest BCUT2D eigenvalue weighted by Crippen LogP contribution is -2.39. The second-order valence-electron chi connectivity index (χ2n) is 8.88. The lowest BCUT2D eigenvalue weighted by molar-refractivity contribution is -0.118. The Bertz CT molecular complexity index is 1030. The average Bonchev–Trinajstić information content (AvgIpc) is 3.52. The van der Waals surface area contributed by atoms with Crippen molar-refractivity contribution in [1.82, 2.24) is 5.32 Å². The minimum Gasteiger partial charge on any atom is -0.380 e. The molecule has 168 valence electrons. The maximum absolute atomic E-state index is 14.6. The summed E-state index contributed by atoms with van der Waals surface area (Å²) in [6.45, 7) is 0.583. The van der Waals surface area contributed by atoms with E-state index in [2.05, 4.69) is 16.7 Å². The van der Waals surface area contributed by atoms with Crippen LogP contribution in [0.3, 0.4) is 0 Å². The lowest BCUT2D eigenvalue weighted by atomic mass is 9.79. The number of nitrogens with two attached hydrogens (primary N) is 1. The number of halogens is 1. The minimum absolute atomic E-state index is 0.0338. The highest BCUT2D eigenvalue weighted by Gasteiger charge is 2.34. The van der Waals surface area contributed by atoms with Crippen LogP contribution in [0.25, 0.3) is 0 Å². The zero-order valence-corrected chi connectivity index (χ0v) is 18.2. The van der Waals surface area contributed by atoms with Crippen molar-refractivity contribution in [2.45, 2.75) is 49.8 Å². The van der Waals surface area contributed by atoms with Gasteiger partial charge in [0.2, 0.25) is 5.91 Å². The molecule has 2 fully saturated rings. The van der Waals surface area contributed by atoms with Crippen LogP contribution in [0.5, 0.6) is 0 Å². The fraction of sp³-hybridized carbons (Fsp3) is 0.440. The number of rotatable bonds is 8. The van der Waals surface area contributed by atoms with Crippen molar-refractivity contribution in [3.05, 3.63) is 65.0 Å². The summed E-state index contributed by atoms with van der Waals surface area (Å²) in [5.74, 6) is -0.148. The van der Waals surface area contributed by atoms with Gasteiger partial charge in [-0.3, -0.25) is 4.79 Å². The predicted molar refractivity (Wildman–Crippen MR) is 120 cm³/mol. The molecular formula is C25H29FN4O2. The Kier molecular flexibility index (Phi) is 6.56. The number of anilines is 1. The Morgan fingerprint density at radius 2 is 2.09 bits per heavy atom. The first-order chi connectivity index (χ1) is 15.4. The van der Waals surface area contributed by atoms with Crippen LogP contribution < -0.4 is 16.4 Å². The zero-order valence-electron chi connectivity index (χ0n) is 18.2. The van der Waals surface area contributed by atoms with Gasteiger partial charge in [-0.1, -0.05) is 31.0 Å². The molecule has 2 aliphatic rings. The zero-order chi connectivity index (χ0) is 22.7. The third-order valence-electron chi connectivity index (χ3n) is 6.63. The molecule has 2 aromatic rings. The van der Waals surface area contributed by atoms with Gasteiger partial charge in [-0.25, -0.2) is 4.39 Å². The van der Waals surface area contributed by atoms with E-state index in [1.54, 1.807) is 31.4 Å². The van der Waals surface area contributed by atoms with Crippen molar-refractivity contribution < 1.29 is 13.9 Å². The summed E-state index contributed by atoms with van der Waals surface area (Å²) in [5.41, 5.74) is 8.23. The molecule has 6 nitrogen and oxygen atoms in total. The van der Waals surface area contributed by atoms with E-state index in [0.717, 1.165) is 12.0 Å². The summed E-state index contributed by atoms with van der Waals surface area (Å²) in [6, 6.07) is 13.6. The highest BCUT2D eigenvalue weighted by molar-refractivity contribution is 5.95. The number of nitrogens with zero attached hydrogens (tertiary/aromatic N) is 1. The number of hydrogen-bond acceptors (Lipinski definition) is 5. The monoisotopic (exact) mass is 436 g/mol. The van der Waals surface area contributed by atoms with Crippen LogP contribution in [0.2, 0.25) is 0 Å². The van der Waals surface area contributed by atoms with Gasteiger partial charge in [0.25, 0.3) is 0 Å². The first-order valence-electron chi connectivity index (χ1n) is 11.1. The van der Waals surface area contributed by atoms with Gasteiger partial charge in [0.1, 0.15) is 5.82 Å². The van der Waals surface area contributed by atoms with E-state index in [1.165, 1.54) is 18.9 Å². The van der Waals surface area contributed by atoms with E-state index >= 15 is 0 Å². The van der Waals surface area contributed by atoms with Crippen LogP contribution in [-0.4, -0.2) is 31.7 Å². The molecule has 1 heterocycles. The molecule has 4 N–H and O–H groups in total. The quantitative estimate of drug-likeness (QED) is 0.589. The maximum atomic E-state index is 14.6. The van der Waals surface area contributed by atoms with Gasteiger partial charge < -0.3 is 21.1 Å². The molecule has 0 spiro atoms. The second-order valence-corrected chi connectivity index (χ2v) is 8.88. The molecule has 0 aromatic heterocycles. The molecule has 0 radical (unpaired) electrons. The van der Waals surface area contributed by atoms with E-state index in [1.807, 2.05) is 12.1 Å².